The van der Waals surface area contributed by atoms with Gasteiger partial charge in [-0.3, -0.25) is 4.79 Å². The Morgan fingerprint density at radius 1 is 0.857 bits per heavy atom. The number of hydrogen-bond acceptors (Lipinski definition) is 2. The molecule has 0 aromatic heterocycles. The number of carbonyl (C=O) groups is 1. The highest BCUT2D eigenvalue weighted by Crippen LogP contribution is 2.12. The molecule has 1 saturated carbocycles. The number of aromatic hydroxyl groups is 1. The molecule has 1 aromatic carbocycles. The van der Waals surface area contributed by atoms with Gasteiger partial charge in [-0.25, -0.2) is 0 Å². The smallest absolute Gasteiger partial charge is 0.132 e. The zero-order valence-corrected chi connectivity index (χ0v) is 15.0. The molecular weight excluding hydrogens is 260 g/mol. The summed E-state index contributed by atoms with van der Waals surface area (Å²) in [6.07, 6.45) is 6.49. The topological polar surface area (TPSA) is 37.3 Å². The molecule has 0 bridgehead atoms. The average molecular weight is 296 g/mol. The lowest BCUT2D eigenvalue weighted by molar-refractivity contribution is -0.120. The quantitative estimate of drug-likeness (QED) is 0.603. The van der Waals surface area contributed by atoms with E-state index in [1.165, 1.54) is 12.8 Å². The van der Waals surface area contributed by atoms with E-state index < -0.39 is 0 Å². The number of hydrogen-bond donors (Lipinski definition) is 1. The van der Waals surface area contributed by atoms with E-state index in [-0.39, 0.29) is 0 Å². The maximum atomic E-state index is 10.5. The molecule has 0 saturated heterocycles. The van der Waals surface area contributed by atoms with Gasteiger partial charge in [0.25, 0.3) is 0 Å². The summed E-state index contributed by atoms with van der Waals surface area (Å²) in [6.45, 7) is 12.2. The van der Waals surface area contributed by atoms with E-state index >= 15 is 0 Å². The van der Waals surface area contributed by atoms with Crippen molar-refractivity contribution in [1.29, 1.82) is 0 Å². The first kappa shape index (κ1) is 24.7. The van der Waals surface area contributed by atoms with Crippen molar-refractivity contribution in [3.63, 3.8) is 0 Å². The summed E-state index contributed by atoms with van der Waals surface area (Å²) in [4.78, 5) is 10.5. The maximum Gasteiger partial charge on any atom is 0.132 e. The van der Waals surface area contributed by atoms with Crippen molar-refractivity contribution in [3.8, 4) is 5.75 Å². The van der Waals surface area contributed by atoms with E-state index in [2.05, 4.69) is 13.8 Å². The highest BCUT2D eigenvalue weighted by Gasteiger charge is 2.05. The normalized spacial score (nSPS) is 11.8. The van der Waals surface area contributed by atoms with Crippen molar-refractivity contribution < 1.29 is 9.90 Å². The van der Waals surface area contributed by atoms with Crippen LogP contribution in [0.2, 0.25) is 0 Å². The molecule has 2 nitrogen and oxygen atoms in total. The number of phenolic OH excluding ortho intramolecular Hbond substituents is 1. The third kappa shape index (κ3) is 24.1. The Balaban J connectivity index is -0.000000219. The van der Waals surface area contributed by atoms with Crippen molar-refractivity contribution in [2.75, 3.05) is 0 Å². The summed E-state index contributed by atoms with van der Waals surface area (Å²) in [6, 6.07) is 8.71. The van der Waals surface area contributed by atoms with Crippen LogP contribution in [-0.4, -0.2) is 10.9 Å². The average Bonchev–Trinajstić information content (AvgIpc) is 2.54. The van der Waals surface area contributed by atoms with Crippen molar-refractivity contribution >= 4 is 5.78 Å². The van der Waals surface area contributed by atoms with Crippen LogP contribution in [0.5, 0.6) is 5.75 Å². The standard InChI is InChI=1S/C6H10O.C6H6O.C3H8.2C2H6/c2*7-6-4-2-1-3-5-6;1-3-2;2*1-2/h1-5H2;1-5,7H;3H2,1-2H3;2*1-2H3. The van der Waals surface area contributed by atoms with E-state index in [0.29, 0.717) is 11.5 Å². The second kappa shape index (κ2) is 23.8. The summed E-state index contributed by atoms with van der Waals surface area (Å²) in [5.74, 6) is 0.786. The van der Waals surface area contributed by atoms with Gasteiger partial charge in [-0.15, -0.1) is 0 Å². The van der Waals surface area contributed by atoms with Gasteiger partial charge in [0.15, 0.2) is 0 Å². The minimum absolute atomic E-state index is 0.322. The van der Waals surface area contributed by atoms with Crippen LogP contribution >= 0.6 is 0 Å². The molecule has 0 atom stereocenters. The highest BCUT2D eigenvalue weighted by molar-refractivity contribution is 5.78. The van der Waals surface area contributed by atoms with Crippen molar-refractivity contribution in [1.82, 2.24) is 0 Å². The molecule has 0 aliphatic heterocycles. The van der Waals surface area contributed by atoms with E-state index in [4.69, 9.17) is 5.11 Å². The van der Waals surface area contributed by atoms with Gasteiger partial charge in [-0.05, 0) is 25.0 Å². The maximum absolute atomic E-state index is 10.5. The molecule has 1 aromatic rings. The molecule has 1 N–H and O–H groups in total. The molecule has 124 valence electrons. The molecule has 1 aliphatic rings. The minimum atomic E-state index is 0.322. The van der Waals surface area contributed by atoms with Gasteiger partial charge in [0.1, 0.15) is 11.5 Å². The summed E-state index contributed by atoms with van der Waals surface area (Å²) in [5.41, 5.74) is 0. The van der Waals surface area contributed by atoms with Crippen molar-refractivity contribution in [3.05, 3.63) is 30.3 Å². The number of para-hydroxylation sites is 1. The van der Waals surface area contributed by atoms with Crippen LogP contribution in [0.4, 0.5) is 0 Å². The van der Waals surface area contributed by atoms with Crippen LogP contribution in [0.15, 0.2) is 30.3 Å². The predicted molar refractivity (Wildman–Crippen MR) is 94.9 cm³/mol. The van der Waals surface area contributed by atoms with E-state index in [1.54, 1.807) is 24.3 Å². The number of benzene rings is 1. The first-order chi connectivity index (χ1) is 10.2. The van der Waals surface area contributed by atoms with E-state index in [0.717, 1.165) is 25.7 Å². The third-order valence-electron chi connectivity index (χ3n) is 2.17. The Morgan fingerprint density at radius 3 is 1.43 bits per heavy atom. The van der Waals surface area contributed by atoms with Gasteiger partial charge in [0, 0.05) is 12.8 Å². The minimum Gasteiger partial charge on any atom is -0.508 e. The lowest BCUT2D eigenvalue weighted by Crippen LogP contribution is -2.02. The summed E-state index contributed by atoms with van der Waals surface area (Å²) in [7, 11) is 0. The van der Waals surface area contributed by atoms with Crippen LogP contribution in [-0.2, 0) is 4.79 Å². The first-order valence-corrected chi connectivity index (χ1v) is 8.46. The van der Waals surface area contributed by atoms with Crippen LogP contribution in [0.1, 0.15) is 80.1 Å². The van der Waals surface area contributed by atoms with Gasteiger partial charge in [-0.2, -0.15) is 0 Å². The first-order valence-electron chi connectivity index (χ1n) is 8.46. The number of Topliss-reactive ketones (excluding diaryl/α,β-unsaturated/α-hetero) is 1. The number of ketones is 1. The molecule has 1 fully saturated rings. The molecule has 1 aliphatic carbocycles. The van der Waals surface area contributed by atoms with Crippen molar-refractivity contribution in [2.45, 2.75) is 80.1 Å². The zero-order valence-electron chi connectivity index (χ0n) is 15.0. The molecule has 0 unspecified atom stereocenters. The number of rotatable bonds is 0. The summed E-state index contributed by atoms with van der Waals surface area (Å²) < 4.78 is 0. The fraction of sp³-hybridized carbons (Fsp3) is 0.632. The van der Waals surface area contributed by atoms with E-state index in [1.807, 2.05) is 33.8 Å². The second-order valence-electron chi connectivity index (χ2n) is 4.14. The number of phenols is 1. The predicted octanol–water partition coefficient (Wildman–Crippen LogP) is 6.38. The third-order valence-corrected chi connectivity index (χ3v) is 2.17. The van der Waals surface area contributed by atoms with Gasteiger partial charge in [0.2, 0.25) is 0 Å². The highest BCUT2D eigenvalue weighted by atomic mass is 16.3. The molecule has 0 amide bonds. The molecule has 2 rings (SSSR count). The molecule has 0 heterocycles. The van der Waals surface area contributed by atoms with Crippen LogP contribution < -0.4 is 0 Å². The Morgan fingerprint density at radius 2 is 1.24 bits per heavy atom. The van der Waals surface area contributed by atoms with Crippen LogP contribution in [0.25, 0.3) is 0 Å². The summed E-state index contributed by atoms with van der Waals surface area (Å²) >= 11 is 0. The largest absolute Gasteiger partial charge is 0.508 e. The lowest BCUT2D eigenvalue weighted by Gasteiger charge is -2.05. The zero-order chi connectivity index (χ0) is 16.9. The molecule has 21 heavy (non-hydrogen) atoms. The molecular formula is C19H36O2. The fourth-order valence-corrected chi connectivity index (χ4v) is 1.37. The Hall–Kier alpha value is -1.31. The van der Waals surface area contributed by atoms with Gasteiger partial charge in [-0.1, -0.05) is 72.6 Å². The lowest BCUT2D eigenvalue weighted by atomic mass is 10.00. The molecule has 0 spiro atoms. The van der Waals surface area contributed by atoms with E-state index in [9.17, 15) is 4.79 Å². The monoisotopic (exact) mass is 296 g/mol. The second-order valence-corrected chi connectivity index (χ2v) is 4.14. The molecule has 0 radical (unpaired) electrons. The number of carbonyl (C=O) groups excluding carboxylic acids is 1. The Labute approximate surface area is 132 Å². The summed E-state index contributed by atoms with van der Waals surface area (Å²) in [5, 5.41) is 8.63. The Bertz CT molecular complexity index is 273. The van der Waals surface area contributed by atoms with Crippen LogP contribution in [0.3, 0.4) is 0 Å². The van der Waals surface area contributed by atoms with Gasteiger partial charge in [0.05, 0.1) is 0 Å². The Kier molecular flexibility index (Phi) is 27.9. The van der Waals surface area contributed by atoms with Crippen molar-refractivity contribution in [2.24, 2.45) is 0 Å². The van der Waals surface area contributed by atoms with Gasteiger partial charge >= 0.3 is 0 Å². The molecule has 2 heteroatoms. The fourth-order valence-electron chi connectivity index (χ4n) is 1.37. The van der Waals surface area contributed by atoms with Crippen LogP contribution in [0, 0.1) is 0 Å². The van der Waals surface area contributed by atoms with Gasteiger partial charge < -0.3 is 5.11 Å². The SMILES string of the molecule is CC.CC.CCC.O=C1CCCCC1.Oc1ccccc1.